The van der Waals surface area contributed by atoms with Crippen molar-refractivity contribution in [3.8, 4) is 0 Å². The lowest BCUT2D eigenvalue weighted by Gasteiger charge is -2.27. The third-order valence-corrected chi connectivity index (χ3v) is 4.10. The lowest BCUT2D eigenvalue weighted by Crippen LogP contribution is -2.55. The molecule has 1 aliphatic carbocycles. The molecular weight excluding hydrogens is 278 g/mol. The molecule has 6 heteroatoms. The van der Waals surface area contributed by atoms with E-state index in [1.165, 1.54) is 5.01 Å². The van der Waals surface area contributed by atoms with Gasteiger partial charge in [-0.05, 0) is 30.4 Å². The van der Waals surface area contributed by atoms with E-state index >= 15 is 0 Å². The largest absolute Gasteiger partial charge is 0.336 e. The molecule has 1 aromatic rings. The van der Waals surface area contributed by atoms with Crippen molar-refractivity contribution >= 4 is 23.5 Å². The first-order valence-corrected chi connectivity index (χ1v) is 7.15. The van der Waals surface area contributed by atoms with Crippen LogP contribution in [0.3, 0.4) is 0 Å². The van der Waals surface area contributed by atoms with E-state index in [0.29, 0.717) is 18.1 Å². The number of hydrogen-bond donors (Lipinski definition) is 2. The molecule has 20 heavy (non-hydrogen) atoms. The van der Waals surface area contributed by atoms with Crippen LogP contribution in [0.2, 0.25) is 5.02 Å². The van der Waals surface area contributed by atoms with Gasteiger partial charge in [0.2, 0.25) is 5.91 Å². The fraction of sp³-hybridized carbons (Fsp3) is 0.429. The highest BCUT2D eigenvalue weighted by atomic mass is 35.5. The van der Waals surface area contributed by atoms with Crippen molar-refractivity contribution in [1.29, 1.82) is 0 Å². The van der Waals surface area contributed by atoms with Crippen molar-refractivity contribution < 1.29 is 9.59 Å². The first-order chi connectivity index (χ1) is 9.66. The summed E-state index contributed by atoms with van der Waals surface area (Å²) in [5, 5.41) is 4.75. The number of amides is 3. The van der Waals surface area contributed by atoms with Crippen LogP contribution in [0.4, 0.5) is 4.79 Å². The van der Waals surface area contributed by atoms with Gasteiger partial charge in [0.25, 0.3) is 0 Å². The van der Waals surface area contributed by atoms with Crippen LogP contribution < -0.4 is 10.7 Å². The average Bonchev–Trinajstić information content (AvgIpc) is 3.22. The lowest BCUT2D eigenvalue weighted by atomic mass is 10.1. The van der Waals surface area contributed by atoms with E-state index in [-0.39, 0.29) is 23.8 Å². The highest BCUT2D eigenvalue weighted by Gasteiger charge is 2.45. The number of nitrogens with zero attached hydrogens (tertiary/aromatic N) is 1. The van der Waals surface area contributed by atoms with Crippen molar-refractivity contribution in [3.63, 3.8) is 0 Å². The highest BCUT2D eigenvalue weighted by molar-refractivity contribution is 6.31. The van der Waals surface area contributed by atoms with Crippen LogP contribution >= 0.6 is 11.6 Å². The standard InChI is InChI=1S/C14H16ClN3O2/c15-12-5-2-1-4-9(12)10-8-11(10)13(19)17-18-7-3-6-16-14(18)20/h1-2,4-5,10-11H,3,6-8H2,(H,16,20)(H,17,19)/t10-,11-/m0/s1. The monoisotopic (exact) mass is 293 g/mol. The minimum Gasteiger partial charge on any atom is -0.336 e. The van der Waals surface area contributed by atoms with Crippen LogP contribution in [-0.2, 0) is 4.79 Å². The molecule has 2 fully saturated rings. The Kier molecular flexibility index (Phi) is 3.53. The molecule has 1 aliphatic heterocycles. The predicted octanol–water partition coefficient (Wildman–Crippen LogP) is 1.89. The van der Waals surface area contributed by atoms with E-state index in [0.717, 1.165) is 18.4 Å². The molecule has 1 heterocycles. The Hall–Kier alpha value is -1.75. The van der Waals surface area contributed by atoms with E-state index in [4.69, 9.17) is 11.6 Å². The molecule has 2 atom stereocenters. The minimum atomic E-state index is -0.237. The maximum absolute atomic E-state index is 12.1. The smallest absolute Gasteiger partial charge is 0.336 e. The lowest BCUT2D eigenvalue weighted by molar-refractivity contribution is -0.126. The number of hydrazine groups is 1. The summed E-state index contributed by atoms with van der Waals surface area (Å²) < 4.78 is 0. The van der Waals surface area contributed by atoms with Gasteiger partial charge in [-0.15, -0.1) is 0 Å². The zero-order valence-corrected chi connectivity index (χ0v) is 11.7. The third-order valence-electron chi connectivity index (χ3n) is 3.76. The quantitative estimate of drug-likeness (QED) is 0.894. The van der Waals surface area contributed by atoms with E-state index < -0.39 is 0 Å². The molecule has 0 radical (unpaired) electrons. The van der Waals surface area contributed by atoms with Gasteiger partial charge in [0.05, 0.1) is 0 Å². The van der Waals surface area contributed by atoms with Crippen LogP contribution in [0, 0.1) is 5.92 Å². The normalized spacial score (nSPS) is 25.1. The molecule has 0 spiro atoms. The fourth-order valence-electron chi connectivity index (χ4n) is 2.56. The molecule has 2 aliphatic rings. The average molecular weight is 294 g/mol. The van der Waals surface area contributed by atoms with Gasteiger partial charge in [-0.25, -0.2) is 9.80 Å². The first-order valence-electron chi connectivity index (χ1n) is 6.77. The second kappa shape index (κ2) is 5.32. The third kappa shape index (κ3) is 2.58. The SMILES string of the molecule is O=C(NN1CCCNC1=O)[C@H]1C[C@H]1c1ccccc1Cl. The molecule has 5 nitrogen and oxygen atoms in total. The van der Waals surface area contributed by atoms with E-state index in [1.807, 2.05) is 24.3 Å². The van der Waals surface area contributed by atoms with Gasteiger partial charge in [-0.1, -0.05) is 29.8 Å². The van der Waals surface area contributed by atoms with Crippen molar-refractivity contribution in [2.24, 2.45) is 5.92 Å². The summed E-state index contributed by atoms with van der Waals surface area (Å²) in [6, 6.07) is 7.35. The fourth-order valence-corrected chi connectivity index (χ4v) is 2.83. The second-order valence-corrected chi connectivity index (χ2v) is 5.59. The van der Waals surface area contributed by atoms with Crippen LogP contribution in [0.15, 0.2) is 24.3 Å². The summed E-state index contributed by atoms with van der Waals surface area (Å²) in [6.07, 6.45) is 1.62. The maximum atomic E-state index is 12.1. The van der Waals surface area contributed by atoms with Gasteiger partial charge in [0.15, 0.2) is 0 Å². The van der Waals surface area contributed by atoms with Crippen molar-refractivity contribution in [2.45, 2.75) is 18.8 Å². The zero-order chi connectivity index (χ0) is 14.1. The number of hydrogen-bond acceptors (Lipinski definition) is 2. The summed E-state index contributed by atoms with van der Waals surface area (Å²) in [7, 11) is 0. The van der Waals surface area contributed by atoms with Gasteiger partial charge in [0, 0.05) is 24.0 Å². The number of benzene rings is 1. The Labute approximate surface area is 122 Å². The van der Waals surface area contributed by atoms with Gasteiger partial charge < -0.3 is 5.32 Å². The number of nitrogens with one attached hydrogen (secondary N) is 2. The Morgan fingerprint density at radius 1 is 1.40 bits per heavy atom. The number of halogens is 1. The summed E-state index contributed by atoms with van der Waals surface area (Å²) >= 11 is 6.14. The topological polar surface area (TPSA) is 61.4 Å². The Bertz CT molecular complexity index is 549. The van der Waals surface area contributed by atoms with Crippen LogP contribution in [-0.4, -0.2) is 30.0 Å². The predicted molar refractivity (Wildman–Crippen MR) is 75.2 cm³/mol. The molecule has 1 aromatic carbocycles. The maximum Gasteiger partial charge on any atom is 0.336 e. The minimum absolute atomic E-state index is 0.0929. The molecule has 3 amide bonds. The second-order valence-electron chi connectivity index (χ2n) is 5.18. The molecule has 2 N–H and O–H groups in total. The molecule has 1 saturated carbocycles. The van der Waals surface area contributed by atoms with Crippen LogP contribution in [0.5, 0.6) is 0 Å². The molecular formula is C14H16ClN3O2. The Balaban J connectivity index is 1.60. The number of urea groups is 1. The summed E-state index contributed by atoms with van der Waals surface area (Å²) in [5.41, 5.74) is 3.70. The molecule has 106 valence electrons. The van der Waals surface area contributed by atoms with E-state index in [9.17, 15) is 9.59 Å². The van der Waals surface area contributed by atoms with Crippen molar-refractivity contribution in [3.05, 3.63) is 34.9 Å². The van der Waals surface area contributed by atoms with E-state index in [2.05, 4.69) is 10.7 Å². The molecule has 0 unspecified atom stereocenters. The highest BCUT2D eigenvalue weighted by Crippen LogP contribution is 2.49. The number of carbonyl (C=O) groups is 2. The number of carbonyl (C=O) groups excluding carboxylic acids is 2. The van der Waals surface area contributed by atoms with Gasteiger partial charge in [-0.2, -0.15) is 0 Å². The first kappa shape index (κ1) is 13.2. The summed E-state index contributed by atoms with van der Waals surface area (Å²) in [4.78, 5) is 23.7. The van der Waals surface area contributed by atoms with Crippen LogP contribution in [0.25, 0.3) is 0 Å². The van der Waals surface area contributed by atoms with E-state index in [1.54, 1.807) is 0 Å². The molecule has 3 rings (SSSR count). The molecule has 1 saturated heterocycles. The summed E-state index contributed by atoms with van der Waals surface area (Å²) in [6.45, 7) is 1.22. The van der Waals surface area contributed by atoms with Gasteiger partial charge in [-0.3, -0.25) is 10.2 Å². The zero-order valence-electron chi connectivity index (χ0n) is 10.9. The van der Waals surface area contributed by atoms with Crippen molar-refractivity contribution in [2.75, 3.05) is 13.1 Å². The molecule has 0 aromatic heterocycles. The van der Waals surface area contributed by atoms with Gasteiger partial charge in [0.1, 0.15) is 0 Å². The van der Waals surface area contributed by atoms with Crippen molar-refractivity contribution in [1.82, 2.24) is 15.8 Å². The Morgan fingerprint density at radius 3 is 2.95 bits per heavy atom. The van der Waals surface area contributed by atoms with Crippen LogP contribution in [0.1, 0.15) is 24.3 Å². The van der Waals surface area contributed by atoms with Gasteiger partial charge >= 0.3 is 6.03 Å². The summed E-state index contributed by atoms with van der Waals surface area (Å²) in [5.74, 6) is -0.0341. The number of rotatable bonds is 3. The Morgan fingerprint density at radius 2 is 2.20 bits per heavy atom. The molecule has 0 bridgehead atoms.